The van der Waals surface area contributed by atoms with Gasteiger partial charge in [0.05, 0.1) is 30.8 Å². The number of cyclic esters (lactones) is 1. The molecule has 8 heteroatoms. The van der Waals surface area contributed by atoms with Crippen LogP contribution in [-0.4, -0.2) is 81.3 Å². The molecule has 1 spiro atoms. The SMILES string of the molecule is CC(C)C[C@H](CO)N1C(=O)[C@@H]2[C@H]3C(=O)OCCC/C=C\[C@@]3(C)O[C@@]23C=CCN(C(C)(C)C)C(=O)C13. The molecule has 4 rings (SSSR count). The van der Waals surface area contributed by atoms with Crippen molar-refractivity contribution in [1.29, 1.82) is 0 Å². The predicted molar refractivity (Wildman–Crippen MR) is 130 cm³/mol. The van der Waals surface area contributed by atoms with Gasteiger partial charge in [0.1, 0.15) is 17.6 Å². The van der Waals surface area contributed by atoms with Crippen molar-refractivity contribution in [3.05, 3.63) is 24.3 Å². The van der Waals surface area contributed by atoms with Crippen molar-refractivity contribution in [1.82, 2.24) is 9.80 Å². The Morgan fingerprint density at radius 2 is 1.83 bits per heavy atom. The normalized spacial score (nSPS) is 37.1. The standard InChI is InChI=1S/C27H40N2O6/c1-17(2)15-18(16-30)29-21-23(32)28(25(3,4)5)13-10-12-27(21)19(22(29)31)20-24(33)34-14-9-7-8-11-26(20,6)35-27/h8,10-12,17-21,30H,7,9,13-16H2,1-6H3/b11-8-/t18-,19+,20+,21?,26-,27+/m1/s1. The number of carbonyl (C=O) groups is 3. The van der Waals surface area contributed by atoms with E-state index in [1.807, 2.05) is 65.8 Å². The molecule has 0 aromatic heterocycles. The van der Waals surface area contributed by atoms with Crippen LogP contribution in [0, 0.1) is 17.8 Å². The van der Waals surface area contributed by atoms with E-state index in [1.165, 1.54) is 4.90 Å². The summed E-state index contributed by atoms with van der Waals surface area (Å²) in [6.07, 6.45) is 9.51. The first-order valence-electron chi connectivity index (χ1n) is 12.8. The quantitative estimate of drug-likeness (QED) is 0.482. The van der Waals surface area contributed by atoms with Gasteiger partial charge in [-0.1, -0.05) is 38.2 Å². The van der Waals surface area contributed by atoms with Crippen LogP contribution in [0.5, 0.6) is 0 Å². The zero-order valence-corrected chi connectivity index (χ0v) is 21.8. The molecule has 0 bridgehead atoms. The van der Waals surface area contributed by atoms with E-state index >= 15 is 0 Å². The lowest BCUT2D eigenvalue weighted by Gasteiger charge is -2.43. The molecule has 0 aliphatic carbocycles. The highest BCUT2D eigenvalue weighted by Crippen LogP contribution is 2.57. The van der Waals surface area contributed by atoms with Crippen LogP contribution in [0.3, 0.4) is 0 Å². The van der Waals surface area contributed by atoms with Crippen molar-refractivity contribution in [2.75, 3.05) is 19.8 Å². The number of likely N-dealkylation sites (tertiary alicyclic amines) is 1. The van der Waals surface area contributed by atoms with Gasteiger partial charge in [0, 0.05) is 12.1 Å². The molecule has 8 nitrogen and oxygen atoms in total. The lowest BCUT2D eigenvalue weighted by atomic mass is 9.74. The Kier molecular flexibility index (Phi) is 6.68. The van der Waals surface area contributed by atoms with E-state index in [1.54, 1.807) is 4.90 Å². The van der Waals surface area contributed by atoms with Crippen LogP contribution in [0.2, 0.25) is 0 Å². The Morgan fingerprint density at radius 3 is 2.46 bits per heavy atom. The summed E-state index contributed by atoms with van der Waals surface area (Å²) in [7, 11) is 0. The first-order chi connectivity index (χ1) is 16.4. The van der Waals surface area contributed by atoms with Crippen LogP contribution in [0.4, 0.5) is 0 Å². The lowest BCUT2D eigenvalue weighted by Crippen LogP contribution is -2.61. The van der Waals surface area contributed by atoms with E-state index in [9.17, 15) is 19.5 Å². The molecule has 2 saturated heterocycles. The monoisotopic (exact) mass is 488 g/mol. The summed E-state index contributed by atoms with van der Waals surface area (Å²) in [5.74, 6) is -2.66. The van der Waals surface area contributed by atoms with Crippen LogP contribution in [0.25, 0.3) is 0 Å². The zero-order chi connectivity index (χ0) is 25.8. The van der Waals surface area contributed by atoms with Gasteiger partial charge in [-0.15, -0.1) is 0 Å². The number of aliphatic hydroxyl groups is 1. The molecule has 2 amide bonds. The average molecular weight is 489 g/mol. The third-order valence-corrected chi connectivity index (χ3v) is 7.85. The minimum Gasteiger partial charge on any atom is -0.465 e. The maximum atomic E-state index is 14.3. The van der Waals surface area contributed by atoms with Crippen molar-refractivity contribution < 1.29 is 29.0 Å². The molecule has 4 aliphatic rings. The van der Waals surface area contributed by atoms with Gasteiger partial charge in [0.15, 0.2) is 0 Å². The second-order valence-electron chi connectivity index (χ2n) is 11.9. The highest BCUT2D eigenvalue weighted by molar-refractivity contribution is 5.99. The minimum absolute atomic E-state index is 0.190. The number of hydrogen-bond acceptors (Lipinski definition) is 6. The third kappa shape index (κ3) is 4.12. The van der Waals surface area contributed by atoms with Gasteiger partial charge in [-0.25, -0.2) is 0 Å². The van der Waals surface area contributed by atoms with Crippen LogP contribution >= 0.6 is 0 Å². The van der Waals surface area contributed by atoms with Crippen molar-refractivity contribution in [3.8, 4) is 0 Å². The number of fused-ring (bicyclic) bond motifs is 2. The lowest BCUT2D eigenvalue weighted by molar-refractivity contribution is -0.162. The molecule has 0 radical (unpaired) electrons. The van der Waals surface area contributed by atoms with Gasteiger partial charge in [-0.05, 0) is 52.9 Å². The Morgan fingerprint density at radius 1 is 1.11 bits per heavy atom. The van der Waals surface area contributed by atoms with Gasteiger partial charge in [0.25, 0.3) is 0 Å². The van der Waals surface area contributed by atoms with Gasteiger partial charge >= 0.3 is 5.97 Å². The van der Waals surface area contributed by atoms with Gasteiger partial charge in [-0.3, -0.25) is 14.4 Å². The molecular formula is C27H40N2O6. The Labute approximate surface area is 208 Å². The fourth-order valence-corrected chi connectivity index (χ4v) is 6.39. The number of amides is 2. The minimum atomic E-state index is -1.33. The van der Waals surface area contributed by atoms with Crippen molar-refractivity contribution in [3.63, 3.8) is 0 Å². The summed E-state index contributed by atoms with van der Waals surface area (Å²) in [6.45, 7) is 12.1. The molecule has 1 N–H and O–H groups in total. The first-order valence-corrected chi connectivity index (χ1v) is 12.8. The number of esters is 1. The molecule has 0 aromatic rings. The zero-order valence-electron chi connectivity index (χ0n) is 21.8. The molecule has 6 atom stereocenters. The summed E-state index contributed by atoms with van der Waals surface area (Å²) in [5.41, 5.74) is -2.92. The van der Waals surface area contributed by atoms with Crippen LogP contribution in [0.1, 0.15) is 60.8 Å². The van der Waals surface area contributed by atoms with E-state index in [2.05, 4.69) is 0 Å². The average Bonchev–Trinajstić information content (AvgIpc) is 3.10. The maximum absolute atomic E-state index is 14.3. The molecule has 2 fully saturated rings. The third-order valence-electron chi connectivity index (χ3n) is 7.85. The Balaban J connectivity index is 1.91. The number of aliphatic hydroxyl groups excluding tert-OH is 1. The molecule has 4 aliphatic heterocycles. The number of carbonyl (C=O) groups excluding carboxylic acids is 3. The maximum Gasteiger partial charge on any atom is 0.313 e. The summed E-state index contributed by atoms with van der Waals surface area (Å²) < 4.78 is 12.4. The number of nitrogens with zero attached hydrogens (tertiary/aromatic N) is 2. The van der Waals surface area contributed by atoms with Crippen molar-refractivity contribution >= 4 is 17.8 Å². The van der Waals surface area contributed by atoms with Crippen molar-refractivity contribution in [2.24, 2.45) is 17.8 Å². The summed E-state index contributed by atoms with van der Waals surface area (Å²) in [5, 5.41) is 10.4. The Hall–Kier alpha value is -2.19. The van der Waals surface area contributed by atoms with Crippen LogP contribution < -0.4 is 0 Å². The molecule has 0 aromatic carbocycles. The first kappa shape index (κ1) is 25.9. The molecule has 0 saturated carbocycles. The topological polar surface area (TPSA) is 96.4 Å². The largest absolute Gasteiger partial charge is 0.465 e. The molecule has 4 heterocycles. The van der Waals surface area contributed by atoms with E-state index in [4.69, 9.17) is 9.47 Å². The Bertz CT molecular complexity index is 936. The fourth-order valence-electron chi connectivity index (χ4n) is 6.39. The molecule has 194 valence electrons. The van der Waals surface area contributed by atoms with Gasteiger partial charge in [-0.2, -0.15) is 0 Å². The van der Waals surface area contributed by atoms with Gasteiger partial charge < -0.3 is 24.4 Å². The summed E-state index contributed by atoms with van der Waals surface area (Å²) in [4.78, 5) is 45.2. The smallest absolute Gasteiger partial charge is 0.313 e. The summed E-state index contributed by atoms with van der Waals surface area (Å²) in [6, 6.07) is -1.55. The fraction of sp³-hybridized carbons (Fsp3) is 0.741. The molecule has 35 heavy (non-hydrogen) atoms. The van der Waals surface area contributed by atoms with E-state index in [0.717, 1.165) is 6.42 Å². The highest BCUT2D eigenvalue weighted by Gasteiger charge is 2.75. The number of ether oxygens (including phenoxy) is 2. The second kappa shape index (κ2) is 9.04. The second-order valence-corrected chi connectivity index (χ2v) is 11.9. The number of rotatable bonds is 4. The summed E-state index contributed by atoms with van der Waals surface area (Å²) >= 11 is 0. The van der Waals surface area contributed by atoms with Crippen LogP contribution in [0.15, 0.2) is 24.3 Å². The molecule has 1 unspecified atom stereocenters. The van der Waals surface area contributed by atoms with E-state index in [-0.39, 0.29) is 30.9 Å². The number of allylic oxidation sites excluding steroid dienone is 1. The predicted octanol–water partition coefficient (Wildman–Crippen LogP) is 2.45. The van der Waals surface area contributed by atoms with E-state index in [0.29, 0.717) is 19.4 Å². The highest BCUT2D eigenvalue weighted by atomic mass is 16.6. The van der Waals surface area contributed by atoms with Gasteiger partial charge in [0.2, 0.25) is 11.8 Å². The van der Waals surface area contributed by atoms with E-state index < -0.39 is 46.6 Å². The van der Waals surface area contributed by atoms with Crippen molar-refractivity contribution in [2.45, 2.75) is 89.6 Å². The van der Waals surface area contributed by atoms with Crippen LogP contribution in [-0.2, 0) is 23.9 Å². The number of hydrogen-bond donors (Lipinski definition) is 1. The molecular weight excluding hydrogens is 448 g/mol.